The fourth-order valence-corrected chi connectivity index (χ4v) is 2.98. The maximum Gasteiger partial charge on any atom is 0.157 e. The predicted molar refractivity (Wildman–Crippen MR) is 69.0 cm³/mol. The SMILES string of the molecule is I/C=C/[C@@H]1CCC[C@H]1OC1CCCCO1. The minimum atomic E-state index is 0.0759. The van der Waals surface area contributed by atoms with Crippen molar-refractivity contribution >= 4 is 22.6 Å². The Labute approximate surface area is 106 Å². The third kappa shape index (κ3) is 3.43. The summed E-state index contributed by atoms with van der Waals surface area (Å²) in [7, 11) is 0. The van der Waals surface area contributed by atoms with Gasteiger partial charge >= 0.3 is 0 Å². The minimum absolute atomic E-state index is 0.0759. The van der Waals surface area contributed by atoms with Crippen molar-refractivity contribution in [3.8, 4) is 0 Å². The van der Waals surface area contributed by atoms with Crippen LogP contribution in [0.15, 0.2) is 10.2 Å². The van der Waals surface area contributed by atoms with E-state index in [1.165, 1.54) is 32.1 Å². The van der Waals surface area contributed by atoms with Crippen molar-refractivity contribution in [2.45, 2.75) is 50.9 Å². The van der Waals surface area contributed by atoms with Crippen molar-refractivity contribution in [2.75, 3.05) is 6.61 Å². The summed E-state index contributed by atoms with van der Waals surface area (Å²) in [6.07, 6.45) is 10.1. The maximum absolute atomic E-state index is 6.04. The molecule has 15 heavy (non-hydrogen) atoms. The quantitative estimate of drug-likeness (QED) is 0.739. The Morgan fingerprint density at radius 3 is 2.80 bits per heavy atom. The van der Waals surface area contributed by atoms with E-state index in [0.717, 1.165) is 13.0 Å². The lowest BCUT2D eigenvalue weighted by atomic mass is 10.1. The normalized spacial score (nSPS) is 37.5. The molecule has 0 bridgehead atoms. The zero-order valence-corrected chi connectivity index (χ0v) is 11.2. The smallest absolute Gasteiger partial charge is 0.157 e. The Balaban J connectivity index is 1.81. The van der Waals surface area contributed by atoms with Crippen LogP contribution < -0.4 is 0 Å². The molecule has 3 atom stereocenters. The first kappa shape index (κ1) is 11.9. The lowest BCUT2D eigenvalue weighted by molar-refractivity contribution is -0.191. The largest absolute Gasteiger partial charge is 0.353 e. The Morgan fingerprint density at radius 1 is 1.13 bits per heavy atom. The molecule has 0 spiro atoms. The molecule has 2 rings (SSSR count). The molecule has 0 aromatic heterocycles. The van der Waals surface area contributed by atoms with Gasteiger partial charge in [0.25, 0.3) is 0 Å². The molecule has 0 aromatic rings. The molecule has 1 saturated heterocycles. The highest BCUT2D eigenvalue weighted by Gasteiger charge is 2.29. The van der Waals surface area contributed by atoms with Gasteiger partial charge in [0, 0.05) is 12.5 Å². The van der Waals surface area contributed by atoms with E-state index >= 15 is 0 Å². The van der Waals surface area contributed by atoms with Gasteiger partial charge < -0.3 is 9.47 Å². The van der Waals surface area contributed by atoms with Crippen molar-refractivity contribution < 1.29 is 9.47 Å². The van der Waals surface area contributed by atoms with E-state index in [1.54, 1.807) is 0 Å². The second-order valence-electron chi connectivity index (χ2n) is 4.38. The van der Waals surface area contributed by atoms with Crippen LogP contribution in [0.3, 0.4) is 0 Å². The van der Waals surface area contributed by atoms with Gasteiger partial charge in [0.05, 0.1) is 6.10 Å². The molecular weight excluding hydrogens is 303 g/mol. The van der Waals surface area contributed by atoms with Crippen molar-refractivity contribution in [2.24, 2.45) is 5.92 Å². The highest BCUT2D eigenvalue weighted by molar-refractivity contribution is 14.1. The van der Waals surface area contributed by atoms with Crippen LogP contribution in [0.5, 0.6) is 0 Å². The second-order valence-corrected chi connectivity index (χ2v) is 5.10. The van der Waals surface area contributed by atoms with Crippen LogP contribution in [-0.4, -0.2) is 19.0 Å². The summed E-state index contributed by atoms with van der Waals surface area (Å²) in [4.78, 5) is 0. The van der Waals surface area contributed by atoms with Gasteiger partial charge in [-0.2, -0.15) is 0 Å². The highest BCUT2D eigenvalue weighted by Crippen LogP contribution is 2.31. The highest BCUT2D eigenvalue weighted by atomic mass is 127. The maximum atomic E-state index is 6.04. The van der Waals surface area contributed by atoms with E-state index in [0.29, 0.717) is 12.0 Å². The van der Waals surface area contributed by atoms with E-state index in [9.17, 15) is 0 Å². The second kappa shape index (κ2) is 6.21. The summed E-state index contributed by atoms with van der Waals surface area (Å²) >= 11 is 2.29. The number of halogens is 1. The van der Waals surface area contributed by atoms with Gasteiger partial charge in [-0.05, 0) is 36.2 Å². The first-order chi connectivity index (χ1) is 7.40. The molecular formula is C12H19IO2. The molecule has 2 fully saturated rings. The zero-order valence-electron chi connectivity index (χ0n) is 9.03. The molecule has 1 heterocycles. The van der Waals surface area contributed by atoms with E-state index in [2.05, 4.69) is 32.7 Å². The van der Waals surface area contributed by atoms with Gasteiger partial charge in [0.1, 0.15) is 0 Å². The summed E-state index contributed by atoms with van der Waals surface area (Å²) in [5.74, 6) is 0.618. The molecule has 1 saturated carbocycles. The van der Waals surface area contributed by atoms with Crippen LogP contribution in [0.4, 0.5) is 0 Å². The fourth-order valence-electron chi connectivity index (χ4n) is 2.45. The van der Waals surface area contributed by atoms with Crippen LogP contribution in [-0.2, 0) is 9.47 Å². The Bertz CT molecular complexity index is 212. The number of hydrogen-bond acceptors (Lipinski definition) is 2. The minimum Gasteiger partial charge on any atom is -0.353 e. The zero-order chi connectivity index (χ0) is 10.5. The first-order valence-corrected chi connectivity index (χ1v) is 7.18. The average molecular weight is 322 g/mol. The Morgan fingerprint density at radius 2 is 2.07 bits per heavy atom. The van der Waals surface area contributed by atoms with Crippen LogP contribution in [0.2, 0.25) is 0 Å². The van der Waals surface area contributed by atoms with E-state index in [-0.39, 0.29) is 6.29 Å². The van der Waals surface area contributed by atoms with Crippen LogP contribution >= 0.6 is 22.6 Å². The number of hydrogen-bond donors (Lipinski definition) is 0. The molecule has 1 aliphatic carbocycles. The molecule has 3 heteroatoms. The van der Waals surface area contributed by atoms with E-state index < -0.39 is 0 Å². The van der Waals surface area contributed by atoms with Crippen molar-refractivity contribution in [1.82, 2.24) is 0 Å². The molecule has 1 aliphatic heterocycles. The summed E-state index contributed by atoms with van der Waals surface area (Å²) in [5, 5.41) is 0. The van der Waals surface area contributed by atoms with Crippen LogP contribution in [0, 0.1) is 5.92 Å². The Kier molecular flexibility index (Phi) is 4.91. The molecule has 0 radical (unpaired) electrons. The van der Waals surface area contributed by atoms with Crippen molar-refractivity contribution in [1.29, 1.82) is 0 Å². The third-order valence-electron chi connectivity index (χ3n) is 3.29. The monoisotopic (exact) mass is 322 g/mol. The predicted octanol–water partition coefficient (Wildman–Crippen LogP) is 3.65. The fraction of sp³-hybridized carbons (Fsp3) is 0.833. The molecule has 1 unspecified atom stereocenters. The van der Waals surface area contributed by atoms with Crippen molar-refractivity contribution in [3.05, 3.63) is 10.2 Å². The van der Waals surface area contributed by atoms with E-state index in [4.69, 9.17) is 9.47 Å². The summed E-state index contributed by atoms with van der Waals surface area (Å²) in [6.45, 7) is 0.879. The van der Waals surface area contributed by atoms with Crippen LogP contribution in [0.25, 0.3) is 0 Å². The molecule has 0 N–H and O–H groups in total. The third-order valence-corrected chi connectivity index (χ3v) is 3.70. The van der Waals surface area contributed by atoms with Gasteiger partial charge in [-0.25, -0.2) is 0 Å². The standard InChI is InChI=1S/C12H19IO2/c13-8-7-10-4-3-5-11(10)15-12-6-1-2-9-14-12/h7-8,10-12H,1-6,9H2/b8-7+/t10-,11+,12?/m0/s1. The number of rotatable bonds is 3. The molecule has 2 aliphatic rings. The molecule has 2 nitrogen and oxygen atoms in total. The average Bonchev–Trinajstić information content (AvgIpc) is 2.68. The number of ether oxygens (including phenoxy) is 2. The molecule has 0 amide bonds. The van der Waals surface area contributed by atoms with Gasteiger partial charge in [-0.15, -0.1) is 0 Å². The lowest BCUT2D eigenvalue weighted by Gasteiger charge is -2.27. The van der Waals surface area contributed by atoms with Crippen molar-refractivity contribution in [3.63, 3.8) is 0 Å². The van der Waals surface area contributed by atoms with Gasteiger partial charge in [-0.3, -0.25) is 0 Å². The summed E-state index contributed by atoms with van der Waals surface area (Å²) in [6, 6.07) is 0. The molecule has 86 valence electrons. The Hall–Kier alpha value is 0.390. The van der Waals surface area contributed by atoms with Gasteiger partial charge in [0.2, 0.25) is 0 Å². The van der Waals surface area contributed by atoms with Crippen LogP contribution in [0.1, 0.15) is 38.5 Å². The molecule has 0 aromatic carbocycles. The summed E-state index contributed by atoms with van der Waals surface area (Å²) in [5.41, 5.74) is 0. The lowest BCUT2D eigenvalue weighted by Crippen LogP contribution is -2.29. The van der Waals surface area contributed by atoms with Gasteiger partial charge in [-0.1, -0.05) is 35.1 Å². The first-order valence-electron chi connectivity index (χ1n) is 5.94. The van der Waals surface area contributed by atoms with Gasteiger partial charge in [0.15, 0.2) is 6.29 Å². The topological polar surface area (TPSA) is 18.5 Å². The summed E-state index contributed by atoms with van der Waals surface area (Å²) < 4.78 is 13.8. The van der Waals surface area contributed by atoms with E-state index in [1.807, 2.05) is 0 Å².